The minimum atomic E-state index is -4.44. The molecule has 0 atom stereocenters. The molecule has 0 bridgehead atoms. The number of likely N-dealkylation sites (tertiary alicyclic amines) is 1. The van der Waals surface area contributed by atoms with Gasteiger partial charge >= 0.3 is 6.18 Å². The van der Waals surface area contributed by atoms with E-state index in [2.05, 4.69) is 5.32 Å². The normalized spacial score (nSPS) is 14.4. The van der Waals surface area contributed by atoms with E-state index in [1.807, 2.05) is 0 Å². The predicted molar refractivity (Wildman–Crippen MR) is 142 cm³/mol. The second kappa shape index (κ2) is 11.9. The van der Waals surface area contributed by atoms with E-state index < -0.39 is 11.7 Å². The molecule has 1 saturated heterocycles. The molecule has 2 amide bonds. The molecule has 8 nitrogen and oxygen atoms in total. The summed E-state index contributed by atoms with van der Waals surface area (Å²) in [5.41, 5.74) is 6.87. The van der Waals surface area contributed by atoms with Crippen molar-refractivity contribution in [2.75, 3.05) is 26.2 Å². The van der Waals surface area contributed by atoms with Gasteiger partial charge in [0.15, 0.2) is 0 Å². The molecule has 2 aromatic carbocycles. The number of nitrogens with one attached hydrogen (secondary N) is 2. The van der Waals surface area contributed by atoms with Crippen LogP contribution in [-0.2, 0) is 22.3 Å². The molecule has 11 heteroatoms. The second-order valence-corrected chi connectivity index (χ2v) is 9.51. The summed E-state index contributed by atoms with van der Waals surface area (Å²) in [5.74, 6) is -0.317. The zero-order chi connectivity index (χ0) is 28.2. The van der Waals surface area contributed by atoms with Crippen LogP contribution in [0.4, 0.5) is 13.2 Å². The molecule has 4 N–H and O–H groups in total. The Labute approximate surface area is 224 Å². The molecular weight excluding hydrogens is 511 g/mol. The summed E-state index contributed by atoms with van der Waals surface area (Å²) < 4.78 is 46.3. The van der Waals surface area contributed by atoms with Gasteiger partial charge in [-0.05, 0) is 55.7 Å². The largest absolute Gasteiger partial charge is 0.478 e. The van der Waals surface area contributed by atoms with Gasteiger partial charge in [0.1, 0.15) is 5.69 Å². The average Bonchev–Trinajstić information content (AvgIpc) is 3.27. The molecule has 0 unspecified atom stereocenters. The molecule has 4 rings (SSSR count). The van der Waals surface area contributed by atoms with Crippen LogP contribution in [0, 0.1) is 5.41 Å². The van der Waals surface area contributed by atoms with Crippen LogP contribution in [0.15, 0.2) is 48.5 Å². The third kappa shape index (κ3) is 6.59. The number of halogens is 3. The minimum Gasteiger partial charge on any atom is -0.478 e. The first-order valence-corrected chi connectivity index (χ1v) is 12.9. The molecule has 0 spiro atoms. The number of fused-ring (bicyclic) bond motifs is 1. The summed E-state index contributed by atoms with van der Waals surface area (Å²) in [4.78, 5) is 27.4. The van der Waals surface area contributed by atoms with E-state index in [4.69, 9.17) is 15.9 Å². The highest BCUT2D eigenvalue weighted by molar-refractivity contribution is 6.01. The number of rotatable bonds is 8. The molecule has 1 aromatic heterocycles. The molecule has 208 valence electrons. The first-order chi connectivity index (χ1) is 18.6. The van der Waals surface area contributed by atoms with Crippen LogP contribution in [0.3, 0.4) is 0 Å². The lowest BCUT2D eigenvalue weighted by molar-refractivity contribution is -0.137. The fraction of sp³-hybridized carbons (Fsp3) is 0.393. The first kappa shape index (κ1) is 28.2. The molecule has 3 aromatic rings. The Morgan fingerprint density at radius 3 is 2.41 bits per heavy atom. The summed E-state index contributed by atoms with van der Waals surface area (Å²) in [6.45, 7) is 3.62. The molecule has 2 heterocycles. The SMILES string of the molecule is CCOC(=N)c1ccc2cc(C(=O)NC3CCN(C(=O)CCN)CC3)n(Cc3ccc(C(F)(F)F)cc3)c2c1. The number of carbonyl (C=O) groups is 2. The highest BCUT2D eigenvalue weighted by Gasteiger charge is 2.30. The quantitative estimate of drug-likeness (QED) is 0.293. The third-order valence-electron chi connectivity index (χ3n) is 6.85. The molecule has 1 aliphatic heterocycles. The van der Waals surface area contributed by atoms with Gasteiger partial charge in [-0.3, -0.25) is 15.0 Å². The number of nitrogens with zero attached hydrogens (tertiary/aromatic N) is 2. The standard InChI is InChI=1S/C28H32F3N5O3/c1-2-39-26(33)20-6-5-19-15-24(27(38)34-22-10-13-35(14-11-22)25(37)9-12-32)36(23(19)16-20)17-18-3-7-21(8-4-18)28(29,30)31/h3-8,15-16,22,33H,2,9-14,17,32H2,1H3,(H,34,38). The molecular formula is C28H32F3N5O3. The zero-order valence-corrected chi connectivity index (χ0v) is 21.7. The maximum Gasteiger partial charge on any atom is 0.416 e. The summed E-state index contributed by atoms with van der Waals surface area (Å²) in [5, 5.41) is 12.0. The summed E-state index contributed by atoms with van der Waals surface area (Å²) in [6, 6.07) is 11.7. The first-order valence-electron chi connectivity index (χ1n) is 12.9. The van der Waals surface area contributed by atoms with E-state index in [1.165, 1.54) is 12.1 Å². The van der Waals surface area contributed by atoms with Crippen molar-refractivity contribution in [1.82, 2.24) is 14.8 Å². The minimum absolute atomic E-state index is 0.00682. The number of amides is 2. The highest BCUT2D eigenvalue weighted by Crippen LogP contribution is 2.30. The fourth-order valence-corrected chi connectivity index (χ4v) is 4.78. The number of hydrogen-bond donors (Lipinski definition) is 3. The van der Waals surface area contributed by atoms with Crippen molar-refractivity contribution in [2.24, 2.45) is 5.73 Å². The number of ether oxygens (including phenoxy) is 1. The summed E-state index contributed by atoms with van der Waals surface area (Å²) >= 11 is 0. The lowest BCUT2D eigenvalue weighted by atomic mass is 10.0. The van der Waals surface area contributed by atoms with Crippen molar-refractivity contribution in [3.63, 3.8) is 0 Å². The van der Waals surface area contributed by atoms with Crippen molar-refractivity contribution in [1.29, 1.82) is 5.41 Å². The van der Waals surface area contributed by atoms with E-state index in [9.17, 15) is 22.8 Å². The van der Waals surface area contributed by atoms with Crippen molar-refractivity contribution < 1.29 is 27.5 Å². The smallest absolute Gasteiger partial charge is 0.416 e. The third-order valence-corrected chi connectivity index (χ3v) is 6.85. The van der Waals surface area contributed by atoms with E-state index in [1.54, 1.807) is 40.7 Å². The van der Waals surface area contributed by atoms with Gasteiger partial charge < -0.3 is 25.3 Å². The number of piperidine rings is 1. The van der Waals surface area contributed by atoms with Gasteiger partial charge in [0.2, 0.25) is 11.8 Å². The van der Waals surface area contributed by atoms with Gasteiger partial charge in [0, 0.05) is 55.1 Å². The zero-order valence-electron chi connectivity index (χ0n) is 21.7. The van der Waals surface area contributed by atoms with Gasteiger partial charge in [0.25, 0.3) is 5.91 Å². The van der Waals surface area contributed by atoms with Crippen molar-refractivity contribution in [2.45, 2.75) is 44.9 Å². The fourth-order valence-electron chi connectivity index (χ4n) is 4.78. The van der Waals surface area contributed by atoms with Crippen molar-refractivity contribution >= 4 is 28.6 Å². The van der Waals surface area contributed by atoms with Crippen LogP contribution in [0.25, 0.3) is 10.9 Å². The Hall–Kier alpha value is -3.86. The van der Waals surface area contributed by atoms with E-state index in [-0.39, 0.29) is 30.3 Å². The maximum absolute atomic E-state index is 13.5. The second-order valence-electron chi connectivity index (χ2n) is 9.51. The molecule has 1 aliphatic rings. The average molecular weight is 544 g/mol. The van der Waals surface area contributed by atoms with E-state index in [0.717, 1.165) is 17.5 Å². The number of benzene rings is 2. The number of carbonyl (C=O) groups excluding carboxylic acids is 2. The molecule has 1 fully saturated rings. The molecule has 39 heavy (non-hydrogen) atoms. The van der Waals surface area contributed by atoms with Crippen LogP contribution < -0.4 is 11.1 Å². The van der Waals surface area contributed by atoms with Gasteiger partial charge in [-0.2, -0.15) is 13.2 Å². The van der Waals surface area contributed by atoms with Crippen LogP contribution >= 0.6 is 0 Å². The van der Waals surface area contributed by atoms with Gasteiger partial charge in [-0.15, -0.1) is 0 Å². The monoisotopic (exact) mass is 543 g/mol. The number of nitrogens with two attached hydrogens (primary N) is 1. The molecule has 0 radical (unpaired) electrons. The Bertz CT molecular complexity index is 1340. The summed E-state index contributed by atoms with van der Waals surface area (Å²) in [6.07, 6.45) is -2.93. The Balaban J connectivity index is 1.61. The highest BCUT2D eigenvalue weighted by atomic mass is 19.4. The lowest BCUT2D eigenvalue weighted by Crippen LogP contribution is -2.47. The topological polar surface area (TPSA) is 113 Å². The van der Waals surface area contributed by atoms with Crippen LogP contribution in [0.2, 0.25) is 0 Å². The van der Waals surface area contributed by atoms with Crippen molar-refractivity contribution in [3.05, 3.63) is 70.9 Å². The van der Waals surface area contributed by atoms with Gasteiger partial charge in [-0.1, -0.05) is 18.2 Å². The summed E-state index contributed by atoms with van der Waals surface area (Å²) in [7, 11) is 0. The van der Waals surface area contributed by atoms with Crippen LogP contribution in [0.1, 0.15) is 53.4 Å². The van der Waals surface area contributed by atoms with Crippen LogP contribution in [0.5, 0.6) is 0 Å². The molecule has 0 saturated carbocycles. The number of alkyl halides is 3. The Morgan fingerprint density at radius 2 is 1.79 bits per heavy atom. The van der Waals surface area contributed by atoms with Crippen LogP contribution in [-0.4, -0.2) is 59.5 Å². The van der Waals surface area contributed by atoms with E-state index >= 15 is 0 Å². The number of aromatic nitrogens is 1. The van der Waals surface area contributed by atoms with Gasteiger partial charge in [-0.25, -0.2) is 0 Å². The van der Waals surface area contributed by atoms with E-state index in [0.29, 0.717) is 67.8 Å². The molecule has 0 aliphatic carbocycles. The number of hydrogen-bond acceptors (Lipinski definition) is 5. The Kier molecular flexibility index (Phi) is 8.59. The predicted octanol–water partition coefficient (Wildman–Crippen LogP) is 4.14. The van der Waals surface area contributed by atoms with Gasteiger partial charge in [0.05, 0.1) is 12.2 Å². The lowest BCUT2D eigenvalue weighted by Gasteiger charge is -2.32. The van der Waals surface area contributed by atoms with Crippen molar-refractivity contribution in [3.8, 4) is 0 Å². The maximum atomic E-state index is 13.5. The Morgan fingerprint density at radius 1 is 1.10 bits per heavy atom.